The van der Waals surface area contributed by atoms with E-state index < -0.39 is 0 Å². The molecule has 2 heterocycles. The van der Waals surface area contributed by atoms with Crippen molar-refractivity contribution in [3.63, 3.8) is 0 Å². The van der Waals surface area contributed by atoms with Gasteiger partial charge in [-0.05, 0) is 39.5 Å². The third-order valence-electron chi connectivity index (χ3n) is 4.18. The number of ether oxygens (including phenoxy) is 2. The van der Waals surface area contributed by atoms with Crippen LogP contribution in [0, 0.1) is 11.8 Å². The van der Waals surface area contributed by atoms with Crippen LogP contribution in [0.5, 0.6) is 0 Å². The number of carbonyl (C=O) groups excluding carboxylic acids is 2. The summed E-state index contributed by atoms with van der Waals surface area (Å²) in [5, 5.41) is 0. The van der Waals surface area contributed by atoms with Gasteiger partial charge in [-0.3, -0.25) is 9.59 Å². The zero-order valence-electron chi connectivity index (χ0n) is 13.9. The second kappa shape index (κ2) is 9.06. The van der Waals surface area contributed by atoms with Crippen molar-refractivity contribution in [1.29, 1.82) is 0 Å². The Balaban J connectivity index is 0.000000219. The summed E-state index contributed by atoms with van der Waals surface area (Å²) in [4.78, 5) is 22.0. The van der Waals surface area contributed by atoms with Crippen LogP contribution in [0.1, 0.15) is 72.6 Å². The minimum Gasteiger partial charge on any atom is -0.462 e. The Hall–Kier alpha value is -1.06. The van der Waals surface area contributed by atoms with Crippen LogP contribution < -0.4 is 0 Å². The monoisotopic (exact) mass is 298 g/mol. The summed E-state index contributed by atoms with van der Waals surface area (Å²) < 4.78 is 9.99. The third kappa shape index (κ3) is 6.06. The smallest absolute Gasteiger partial charge is 0.309 e. The predicted octanol–water partition coefficient (Wildman–Crippen LogP) is 3.87. The fraction of sp³-hybridized carbons (Fsp3) is 0.882. The Morgan fingerprint density at radius 1 is 0.905 bits per heavy atom. The molecule has 0 amide bonds. The molecule has 0 aromatic carbocycles. The number of hydrogen-bond donors (Lipinski definition) is 0. The van der Waals surface area contributed by atoms with Gasteiger partial charge >= 0.3 is 11.9 Å². The molecule has 21 heavy (non-hydrogen) atoms. The van der Waals surface area contributed by atoms with Crippen molar-refractivity contribution < 1.29 is 19.1 Å². The minimum absolute atomic E-state index is 0.00926. The topological polar surface area (TPSA) is 52.6 Å². The van der Waals surface area contributed by atoms with E-state index in [1.54, 1.807) is 0 Å². The molecule has 2 fully saturated rings. The third-order valence-corrected chi connectivity index (χ3v) is 4.18. The molecule has 2 rings (SSSR count). The van der Waals surface area contributed by atoms with Gasteiger partial charge in [0, 0.05) is 0 Å². The number of cyclic esters (lactones) is 2. The highest BCUT2D eigenvalue weighted by Crippen LogP contribution is 2.25. The maximum atomic E-state index is 11.2. The molecule has 0 aromatic heterocycles. The van der Waals surface area contributed by atoms with Crippen LogP contribution in [0.4, 0.5) is 0 Å². The lowest BCUT2D eigenvalue weighted by atomic mass is 9.98. The van der Waals surface area contributed by atoms with Gasteiger partial charge in [0.2, 0.25) is 0 Å². The highest BCUT2D eigenvalue weighted by Gasteiger charge is 2.31. The predicted molar refractivity (Wildman–Crippen MR) is 81.8 cm³/mol. The number of esters is 2. The van der Waals surface area contributed by atoms with Gasteiger partial charge in [-0.1, -0.05) is 33.1 Å². The van der Waals surface area contributed by atoms with Crippen LogP contribution in [0.3, 0.4) is 0 Å². The number of rotatable bonds is 5. The molecule has 0 aromatic rings. The van der Waals surface area contributed by atoms with Gasteiger partial charge in [-0.25, -0.2) is 0 Å². The SMILES string of the molecule is CCCCC[C@@H]1C[C@H](C)OC1=O.CC[C@@H]1C[C@H](C)OC1=O. The summed E-state index contributed by atoms with van der Waals surface area (Å²) in [6, 6.07) is 0. The molecule has 0 N–H and O–H groups in total. The lowest BCUT2D eigenvalue weighted by molar-refractivity contribution is -0.144. The average molecular weight is 298 g/mol. The van der Waals surface area contributed by atoms with Crippen LogP contribution in [0.25, 0.3) is 0 Å². The molecule has 4 heteroatoms. The van der Waals surface area contributed by atoms with Gasteiger partial charge in [0.15, 0.2) is 0 Å². The van der Waals surface area contributed by atoms with Crippen LogP contribution in [-0.2, 0) is 19.1 Å². The molecule has 2 aliphatic heterocycles. The first-order valence-electron chi connectivity index (χ1n) is 8.38. The van der Waals surface area contributed by atoms with E-state index in [1.165, 1.54) is 19.3 Å². The average Bonchev–Trinajstić information content (AvgIpc) is 2.92. The number of carbonyl (C=O) groups is 2. The summed E-state index contributed by atoms with van der Waals surface area (Å²) in [7, 11) is 0. The first-order valence-corrected chi connectivity index (χ1v) is 8.38. The first kappa shape index (κ1) is 18.0. The molecule has 0 spiro atoms. The summed E-state index contributed by atoms with van der Waals surface area (Å²) in [5.74, 6) is 0.398. The largest absolute Gasteiger partial charge is 0.462 e. The van der Waals surface area contributed by atoms with Crippen LogP contribution in [0.15, 0.2) is 0 Å². The molecule has 0 aliphatic carbocycles. The molecular formula is C17H30O4. The second-order valence-electron chi connectivity index (χ2n) is 6.26. The zero-order chi connectivity index (χ0) is 15.8. The Bertz CT molecular complexity index is 340. The van der Waals surface area contributed by atoms with E-state index in [9.17, 15) is 9.59 Å². The van der Waals surface area contributed by atoms with Crippen molar-refractivity contribution >= 4 is 11.9 Å². The van der Waals surface area contributed by atoms with Gasteiger partial charge in [-0.2, -0.15) is 0 Å². The van der Waals surface area contributed by atoms with E-state index in [0.717, 1.165) is 25.7 Å². The lowest BCUT2D eigenvalue weighted by Crippen LogP contribution is -2.06. The lowest BCUT2D eigenvalue weighted by Gasteiger charge is -2.02. The summed E-state index contributed by atoms with van der Waals surface area (Å²) in [6.07, 6.45) is 7.72. The van der Waals surface area contributed by atoms with E-state index in [4.69, 9.17) is 9.47 Å². The molecule has 4 atom stereocenters. The van der Waals surface area contributed by atoms with E-state index in [1.807, 2.05) is 20.8 Å². The Kier molecular flexibility index (Phi) is 7.76. The molecular weight excluding hydrogens is 268 g/mol. The zero-order valence-corrected chi connectivity index (χ0v) is 13.9. The summed E-state index contributed by atoms with van der Waals surface area (Å²) in [6.45, 7) is 8.10. The molecule has 0 unspecified atom stereocenters. The van der Waals surface area contributed by atoms with Crippen molar-refractivity contribution in [2.45, 2.75) is 84.8 Å². The normalized spacial score (nSPS) is 31.4. The summed E-state index contributed by atoms with van der Waals surface area (Å²) in [5.41, 5.74) is 0. The van der Waals surface area contributed by atoms with Gasteiger partial charge in [0.25, 0.3) is 0 Å². The van der Waals surface area contributed by atoms with Crippen LogP contribution >= 0.6 is 0 Å². The summed E-state index contributed by atoms with van der Waals surface area (Å²) >= 11 is 0. The number of unbranched alkanes of at least 4 members (excludes halogenated alkanes) is 2. The fourth-order valence-corrected chi connectivity index (χ4v) is 2.89. The number of hydrogen-bond acceptors (Lipinski definition) is 4. The highest BCUT2D eigenvalue weighted by molar-refractivity contribution is 5.74. The van der Waals surface area contributed by atoms with Gasteiger partial charge < -0.3 is 9.47 Å². The molecule has 0 saturated carbocycles. The Morgan fingerprint density at radius 2 is 1.43 bits per heavy atom. The standard InChI is InChI=1S/C10H18O2.C7H12O2/c1-3-4-5-6-9-7-8(2)12-10(9)11;1-3-6-4-5(2)9-7(6)8/h8-9H,3-7H2,1-2H3;5-6H,3-4H2,1-2H3/t8-,9+;5-,6+/m00/s1. The van der Waals surface area contributed by atoms with E-state index in [2.05, 4.69) is 6.92 Å². The van der Waals surface area contributed by atoms with Crippen molar-refractivity contribution in [2.75, 3.05) is 0 Å². The Labute approximate surface area is 128 Å². The quantitative estimate of drug-likeness (QED) is 0.571. The molecule has 0 bridgehead atoms. The molecule has 122 valence electrons. The van der Waals surface area contributed by atoms with E-state index in [0.29, 0.717) is 0 Å². The van der Waals surface area contributed by atoms with Crippen LogP contribution in [0.2, 0.25) is 0 Å². The van der Waals surface area contributed by atoms with Gasteiger partial charge in [0.1, 0.15) is 0 Å². The van der Waals surface area contributed by atoms with Gasteiger partial charge in [0.05, 0.1) is 24.0 Å². The van der Waals surface area contributed by atoms with Crippen molar-refractivity contribution in [1.82, 2.24) is 0 Å². The Morgan fingerprint density at radius 3 is 1.76 bits per heavy atom. The molecule has 0 radical (unpaired) electrons. The fourth-order valence-electron chi connectivity index (χ4n) is 2.89. The maximum absolute atomic E-state index is 11.2. The maximum Gasteiger partial charge on any atom is 0.309 e. The first-order chi connectivity index (χ1) is 9.97. The molecule has 2 saturated heterocycles. The molecule has 4 nitrogen and oxygen atoms in total. The van der Waals surface area contributed by atoms with E-state index >= 15 is 0 Å². The van der Waals surface area contributed by atoms with E-state index in [-0.39, 0.29) is 36.0 Å². The van der Waals surface area contributed by atoms with Crippen molar-refractivity contribution in [3.8, 4) is 0 Å². The minimum atomic E-state index is -0.00926. The second-order valence-corrected chi connectivity index (χ2v) is 6.26. The van der Waals surface area contributed by atoms with Crippen molar-refractivity contribution in [3.05, 3.63) is 0 Å². The molecule has 2 aliphatic rings. The highest BCUT2D eigenvalue weighted by atomic mass is 16.6. The van der Waals surface area contributed by atoms with Gasteiger partial charge in [-0.15, -0.1) is 0 Å². The van der Waals surface area contributed by atoms with Crippen molar-refractivity contribution in [2.24, 2.45) is 11.8 Å². The van der Waals surface area contributed by atoms with Crippen LogP contribution in [-0.4, -0.2) is 24.1 Å².